The van der Waals surface area contributed by atoms with Crippen molar-refractivity contribution >= 4 is 12.0 Å². The van der Waals surface area contributed by atoms with E-state index in [-0.39, 0.29) is 12.0 Å². The van der Waals surface area contributed by atoms with Crippen molar-refractivity contribution in [3.8, 4) is 0 Å². The van der Waals surface area contributed by atoms with Crippen molar-refractivity contribution in [1.82, 2.24) is 9.80 Å². The molecule has 0 radical (unpaired) electrons. The quantitative estimate of drug-likeness (QED) is 0.742. The third-order valence-corrected chi connectivity index (χ3v) is 3.22. The fourth-order valence-electron chi connectivity index (χ4n) is 1.73. The zero-order valence-corrected chi connectivity index (χ0v) is 10.7. The number of nitrogens with two attached hydrogens (primary N) is 1. The van der Waals surface area contributed by atoms with Crippen LogP contribution in [0.4, 0.5) is 4.79 Å². The van der Waals surface area contributed by atoms with Crippen LogP contribution in [-0.2, 0) is 9.53 Å². The highest BCUT2D eigenvalue weighted by Gasteiger charge is 2.33. The Morgan fingerprint density at radius 2 is 1.71 bits per heavy atom. The van der Waals surface area contributed by atoms with Gasteiger partial charge in [-0.1, -0.05) is 6.92 Å². The van der Waals surface area contributed by atoms with Crippen molar-refractivity contribution in [2.24, 2.45) is 5.73 Å². The molecule has 98 valence electrons. The van der Waals surface area contributed by atoms with Gasteiger partial charge in [0, 0.05) is 26.2 Å². The number of rotatable bonds is 2. The van der Waals surface area contributed by atoms with Crippen LogP contribution < -0.4 is 5.73 Å². The van der Waals surface area contributed by atoms with Crippen LogP contribution in [0, 0.1) is 0 Å². The van der Waals surface area contributed by atoms with Gasteiger partial charge < -0.3 is 20.3 Å². The summed E-state index contributed by atoms with van der Waals surface area (Å²) >= 11 is 0. The van der Waals surface area contributed by atoms with Crippen molar-refractivity contribution in [2.75, 3.05) is 33.3 Å². The number of piperazine rings is 1. The highest BCUT2D eigenvalue weighted by atomic mass is 16.5. The maximum Gasteiger partial charge on any atom is 0.409 e. The van der Waals surface area contributed by atoms with Crippen molar-refractivity contribution in [3.63, 3.8) is 0 Å². The van der Waals surface area contributed by atoms with E-state index in [0.717, 1.165) is 0 Å². The van der Waals surface area contributed by atoms with Gasteiger partial charge >= 0.3 is 6.09 Å². The van der Waals surface area contributed by atoms with Crippen molar-refractivity contribution < 1.29 is 14.3 Å². The predicted molar refractivity (Wildman–Crippen MR) is 63.4 cm³/mol. The second-order valence-electron chi connectivity index (χ2n) is 4.52. The standard InChI is InChI=1S/C11H21N3O3/c1-4-11(2,12)9(15)13-5-7-14(8-6-13)10(16)17-3/h4-8,12H2,1-3H3. The molecule has 6 nitrogen and oxygen atoms in total. The lowest BCUT2D eigenvalue weighted by atomic mass is 9.98. The fraction of sp³-hybridized carbons (Fsp3) is 0.818. The van der Waals surface area contributed by atoms with Crippen LogP contribution >= 0.6 is 0 Å². The third kappa shape index (κ3) is 3.09. The van der Waals surface area contributed by atoms with Gasteiger partial charge in [-0.05, 0) is 13.3 Å². The maximum absolute atomic E-state index is 12.1. The van der Waals surface area contributed by atoms with E-state index in [4.69, 9.17) is 5.73 Å². The molecule has 1 saturated heterocycles. The predicted octanol–water partition coefficient (Wildman–Crippen LogP) is 0.0244. The van der Waals surface area contributed by atoms with Crippen LogP contribution in [0.15, 0.2) is 0 Å². The SMILES string of the molecule is CCC(C)(N)C(=O)N1CCN(C(=O)OC)CC1. The highest BCUT2D eigenvalue weighted by molar-refractivity contribution is 5.85. The number of carbonyl (C=O) groups excluding carboxylic acids is 2. The van der Waals surface area contributed by atoms with Gasteiger partial charge in [0.05, 0.1) is 12.6 Å². The number of hydrogen-bond donors (Lipinski definition) is 1. The molecule has 1 fully saturated rings. The Morgan fingerprint density at radius 3 is 2.12 bits per heavy atom. The third-order valence-electron chi connectivity index (χ3n) is 3.22. The zero-order valence-electron chi connectivity index (χ0n) is 10.7. The van der Waals surface area contributed by atoms with E-state index in [9.17, 15) is 9.59 Å². The van der Waals surface area contributed by atoms with Gasteiger partial charge in [-0.15, -0.1) is 0 Å². The number of carbonyl (C=O) groups is 2. The van der Waals surface area contributed by atoms with Gasteiger partial charge in [-0.25, -0.2) is 4.79 Å². The van der Waals surface area contributed by atoms with Crippen LogP contribution in [0.3, 0.4) is 0 Å². The van der Waals surface area contributed by atoms with Crippen LogP contribution in [0.5, 0.6) is 0 Å². The molecule has 1 aliphatic heterocycles. The first-order chi connectivity index (χ1) is 7.92. The molecular weight excluding hydrogens is 222 g/mol. The second kappa shape index (κ2) is 5.35. The summed E-state index contributed by atoms with van der Waals surface area (Å²) in [6.07, 6.45) is 0.256. The number of ether oxygens (including phenoxy) is 1. The van der Waals surface area contributed by atoms with E-state index >= 15 is 0 Å². The largest absolute Gasteiger partial charge is 0.453 e. The minimum Gasteiger partial charge on any atom is -0.453 e. The van der Waals surface area contributed by atoms with Gasteiger partial charge in [-0.2, -0.15) is 0 Å². The molecule has 0 saturated carbocycles. The molecule has 2 amide bonds. The Kier molecular flexibility index (Phi) is 4.34. The Hall–Kier alpha value is -1.30. The van der Waals surface area contributed by atoms with Gasteiger partial charge in [0.2, 0.25) is 5.91 Å². The van der Waals surface area contributed by atoms with Crippen molar-refractivity contribution in [1.29, 1.82) is 0 Å². The van der Waals surface area contributed by atoms with E-state index in [0.29, 0.717) is 32.6 Å². The molecule has 1 heterocycles. The Balaban J connectivity index is 2.52. The molecule has 1 unspecified atom stereocenters. The Morgan fingerprint density at radius 1 is 1.24 bits per heavy atom. The maximum atomic E-state index is 12.1. The minimum absolute atomic E-state index is 0.0514. The molecule has 17 heavy (non-hydrogen) atoms. The Bertz CT molecular complexity index is 296. The van der Waals surface area contributed by atoms with E-state index in [1.54, 1.807) is 16.7 Å². The van der Waals surface area contributed by atoms with Crippen LogP contribution in [0.1, 0.15) is 20.3 Å². The summed E-state index contributed by atoms with van der Waals surface area (Å²) in [5, 5.41) is 0. The summed E-state index contributed by atoms with van der Waals surface area (Å²) in [7, 11) is 1.36. The lowest BCUT2D eigenvalue weighted by Gasteiger charge is -2.37. The molecule has 1 aliphatic rings. The zero-order chi connectivity index (χ0) is 13.1. The monoisotopic (exact) mass is 243 g/mol. The van der Waals surface area contributed by atoms with Gasteiger partial charge in [-0.3, -0.25) is 4.79 Å². The van der Waals surface area contributed by atoms with E-state index in [2.05, 4.69) is 4.74 Å². The first kappa shape index (κ1) is 13.8. The normalized spacial score (nSPS) is 19.8. The number of methoxy groups -OCH3 is 1. The van der Waals surface area contributed by atoms with E-state index < -0.39 is 5.54 Å². The number of amides is 2. The molecule has 0 spiro atoms. The van der Waals surface area contributed by atoms with E-state index in [1.165, 1.54) is 7.11 Å². The molecule has 6 heteroatoms. The van der Waals surface area contributed by atoms with E-state index in [1.807, 2.05) is 6.92 Å². The van der Waals surface area contributed by atoms with Gasteiger partial charge in [0.1, 0.15) is 0 Å². The summed E-state index contributed by atoms with van der Waals surface area (Å²) in [5.74, 6) is -0.0514. The van der Waals surface area contributed by atoms with Gasteiger partial charge in [0.15, 0.2) is 0 Å². The number of hydrogen-bond acceptors (Lipinski definition) is 4. The highest BCUT2D eigenvalue weighted by Crippen LogP contribution is 2.12. The van der Waals surface area contributed by atoms with Crippen LogP contribution in [0.2, 0.25) is 0 Å². The summed E-state index contributed by atoms with van der Waals surface area (Å²) in [6.45, 7) is 5.66. The Labute approximate surface area is 102 Å². The lowest BCUT2D eigenvalue weighted by molar-refractivity contribution is -0.138. The molecule has 0 bridgehead atoms. The fourth-order valence-corrected chi connectivity index (χ4v) is 1.73. The topological polar surface area (TPSA) is 75.9 Å². The minimum atomic E-state index is -0.812. The molecular formula is C11H21N3O3. The first-order valence-corrected chi connectivity index (χ1v) is 5.83. The lowest BCUT2D eigenvalue weighted by Crippen LogP contribution is -2.58. The summed E-state index contributed by atoms with van der Waals surface area (Å²) in [5.41, 5.74) is 5.10. The summed E-state index contributed by atoms with van der Waals surface area (Å²) in [6, 6.07) is 0. The van der Waals surface area contributed by atoms with Crippen LogP contribution in [-0.4, -0.2) is 60.6 Å². The molecule has 0 aromatic carbocycles. The van der Waals surface area contributed by atoms with Crippen molar-refractivity contribution in [3.05, 3.63) is 0 Å². The second-order valence-corrected chi connectivity index (χ2v) is 4.52. The smallest absolute Gasteiger partial charge is 0.409 e. The summed E-state index contributed by atoms with van der Waals surface area (Å²) in [4.78, 5) is 26.6. The molecule has 0 aliphatic carbocycles. The molecule has 0 aromatic heterocycles. The van der Waals surface area contributed by atoms with Crippen molar-refractivity contribution in [2.45, 2.75) is 25.8 Å². The number of nitrogens with zero attached hydrogens (tertiary/aromatic N) is 2. The van der Waals surface area contributed by atoms with Crippen LogP contribution in [0.25, 0.3) is 0 Å². The molecule has 2 N–H and O–H groups in total. The first-order valence-electron chi connectivity index (χ1n) is 5.83. The molecule has 1 atom stereocenters. The average Bonchev–Trinajstić information content (AvgIpc) is 2.37. The van der Waals surface area contributed by atoms with Gasteiger partial charge in [0.25, 0.3) is 0 Å². The molecule has 0 aromatic rings. The average molecular weight is 243 g/mol. The summed E-state index contributed by atoms with van der Waals surface area (Å²) < 4.78 is 4.63. The molecule has 1 rings (SSSR count).